The lowest BCUT2D eigenvalue weighted by Crippen LogP contribution is -2.29. The number of nitrogens with one attached hydrogen (secondary N) is 1. The van der Waals surface area contributed by atoms with Crippen molar-refractivity contribution in [1.29, 1.82) is 0 Å². The highest BCUT2D eigenvalue weighted by atomic mass is 19.1. The molecular weight excluding hydrogens is 270 g/mol. The first-order chi connectivity index (χ1) is 10.1. The van der Waals surface area contributed by atoms with Crippen LogP contribution >= 0.6 is 0 Å². The van der Waals surface area contributed by atoms with E-state index in [1.54, 1.807) is 0 Å². The predicted molar refractivity (Wildman–Crippen MR) is 80.6 cm³/mol. The molecule has 0 fully saturated rings. The minimum absolute atomic E-state index is 0.207. The average Bonchev–Trinajstić information content (AvgIpc) is 2.47. The summed E-state index contributed by atoms with van der Waals surface area (Å²) in [5.41, 5.74) is 5.40. The van der Waals surface area contributed by atoms with Crippen LogP contribution in [0.3, 0.4) is 0 Å². The molecule has 2 aromatic carbocycles. The maximum Gasteiger partial charge on any atom is 0.129 e. The standard InChI is InChI=1S/C17H20F2N2/c1-2-4-12-5-3-6-14(9-12)17(21-20)10-13-7-8-15(18)11-16(13)19/h3,5-9,11,17,21H,2,4,10,20H2,1H3. The quantitative estimate of drug-likeness (QED) is 0.629. The maximum absolute atomic E-state index is 13.8. The van der Waals surface area contributed by atoms with Gasteiger partial charge in [0, 0.05) is 6.07 Å². The third-order valence-corrected chi connectivity index (χ3v) is 3.53. The number of benzene rings is 2. The molecule has 3 N–H and O–H groups in total. The van der Waals surface area contributed by atoms with Crippen LogP contribution < -0.4 is 11.3 Å². The van der Waals surface area contributed by atoms with Crippen molar-refractivity contribution in [2.45, 2.75) is 32.2 Å². The monoisotopic (exact) mass is 290 g/mol. The van der Waals surface area contributed by atoms with Crippen LogP contribution in [0.5, 0.6) is 0 Å². The summed E-state index contributed by atoms with van der Waals surface area (Å²) in [6.07, 6.45) is 2.44. The Morgan fingerprint density at radius 1 is 1.14 bits per heavy atom. The molecule has 0 aliphatic carbocycles. The smallest absolute Gasteiger partial charge is 0.129 e. The number of hydrogen-bond donors (Lipinski definition) is 2. The topological polar surface area (TPSA) is 38.0 Å². The van der Waals surface area contributed by atoms with Crippen LogP contribution in [0.2, 0.25) is 0 Å². The summed E-state index contributed by atoms with van der Waals surface area (Å²) >= 11 is 0. The first-order valence-corrected chi connectivity index (χ1v) is 7.13. The van der Waals surface area contributed by atoms with Crippen molar-refractivity contribution < 1.29 is 8.78 Å². The summed E-state index contributed by atoms with van der Waals surface area (Å²) in [5.74, 6) is 4.50. The Kier molecular flexibility index (Phi) is 5.42. The molecule has 0 saturated heterocycles. The lowest BCUT2D eigenvalue weighted by molar-refractivity contribution is 0.521. The predicted octanol–water partition coefficient (Wildman–Crippen LogP) is 3.66. The van der Waals surface area contributed by atoms with E-state index in [-0.39, 0.29) is 6.04 Å². The molecule has 0 spiro atoms. The van der Waals surface area contributed by atoms with Gasteiger partial charge in [0.1, 0.15) is 11.6 Å². The van der Waals surface area contributed by atoms with E-state index in [4.69, 9.17) is 5.84 Å². The highest BCUT2D eigenvalue weighted by molar-refractivity contribution is 5.29. The zero-order valence-electron chi connectivity index (χ0n) is 12.1. The lowest BCUT2D eigenvalue weighted by Gasteiger charge is -2.18. The Morgan fingerprint density at radius 2 is 1.95 bits per heavy atom. The summed E-state index contributed by atoms with van der Waals surface area (Å²) in [7, 11) is 0. The molecule has 0 aliphatic heterocycles. The van der Waals surface area contributed by atoms with Crippen LogP contribution in [0.4, 0.5) is 8.78 Å². The molecule has 0 saturated carbocycles. The van der Waals surface area contributed by atoms with E-state index in [2.05, 4.69) is 24.5 Å². The van der Waals surface area contributed by atoms with Gasteiger partial charge in [0.25, 0.3) is 0 Å². The van der Waals surface area contributed by atoms with Crippen molar-refractivity contribution in [3.05, 3.63) is 70.8 Å². The molecule has 0 amide bonds. The van der Waals surface area contributed by atoms with Crippen LogP contribution in [0, 0.1) is 11.6 Å². The minimum atomic E-state index is -0.571. The zero-order chi connectivity index (χ0) is 15.2. The maximum atomic E-state index is 13.8. The molecule has 1 atom stereocenters. The van der Waals surface area contributed by atoms with Gasteiger partial charge in [0.2, 0.25) is 0 Å². The number of halogens is 2. The van der Waals surface area contributed by atoms with E-state index in [0.717, 1.165) is 24.5 Å². The van der Waals surface area contributed by atoms with Gasteiger partial charge in [0.05, 0.1) is 6.04 Å². The Labute approximate surface area is 124 Å². The van der Waals surface area contributed by atoms with Gasteiger partial charge in [-0.05, 0) is 35.6 Å². The molecule has 0 aromatic heterocycles. The average molecular weight is 290 g/mol. The number of hydrazine groups is 1. The highest BCUT2D eigenvalue weighted by Gasteiger charge is 2.14. The fraction of sp³-hybridized carbons (Fsp3) is 0.294. The molecule has 0 aliphatic rings. The van der Waals surface area contributed by atoms with E-state index in [1.807, 2.05) is 12.1 Å². The fourth-order valence-corrected chi connectivity index (χ4v) is 2.43. The van der Waals surface area contributed by atoms with E-state index in [9.17, 15) is 8.78 Å². The normalized spacial score (nSPS) is 12.4. The second-order valence-electron chi connectivity index (χ2n) is 5.15. The lowest BCUT2D eigenvalue weighted by atomic mass is 9.96. The SMILES string of the molecule is CCCc1cccc(C(Cc2ccc(F)cc2F)NN)c1. The molecule has 2 rings (SSSR count). The Morgan fingerprint density at radius 3 is 2.62 bits per heavy atom. The summed E-state index contributed by atoms with van der Waals surface area (Å²) in [6, 6.07) is 11.5. The Balaban J connectivity index is 2.21. The third kappa shape index (κ3) is 4.09. The third-order valence-electron chi connectivity index (χ3n) is 3.53. The molecule has 0 radical (unpaired) electrons. The van der Waals surface area contributed by atoms with Crippen LogP contribution in [0.15, 0.2) is 42.5 Å². The summed E-state index contributed by atoms with van der Waals surface area (Å²) in [5, 5.41) is 0. The molecule has 21 heavy (non-hydrogen) atoms. The molecule has 0 bridgehead atoms. The molecule has 2 nitrogen and oxygen atoms in total. The molecule has 112 valence electrons. The first-order valence-electron chi connectivity index (χ1n) is 7.13. The fourth-order valence-electron chi connectivity index (χ4n) is 2.43. The number of hydrogen-bond acceptors (Lipinski definition) is 2. The minimum Gasteiger partial charge on any atom is -0.271 e. The van der Waals surface area contributed by atoms with E-state index in [1.165, 1.54) is 17.7 Å². The number of rotatable bonds is 6. The number of nitrogens with two attached hydrogens (primary N) is 1. The van der Waals surface area contributed by atoms with Crippen LogP contribution in [-0.4, -0.2) is 0 Å². The first kappa shape index (κ1) is 15.6. The van der Waals surface area contributed by atoms with Crippen LogP contribution in [-0.2, 0) is 12.8 Å². The van der Waals surface area contributed by atoms with E-state index in [0.29, 0.717) is 12.0 Å². The van der Waals surface area contributed by atoms with Crippen molar-refractivity contribution in [3.8, 4) is 0 Å². The van der Waals surface area contributed by atoms with Gasteiger partial charge < -0.3 is 0 Å². The van der Waals surface area contributed by atoms with Crippen molar-refractivity contribution >= 4 is 0 Å². The van der Waals surface area contributed by atoms with Gasteiger partial charge in [-0.25, -0.2) is 8.78 Å². The van der Waals surface area contributed by atoms with Gasteiger partial charge in [-0.2, -0.15) is 0 Å². The van der Waals surface area contributed by atoms with Crippen LogP contribution in [0.1, 0.15) is 36.1 Å². The largest absolute Gasteiger partial charge is 0.271 e. The summed E-state index contributed by atoms with van der Waals surface area (Å²) < 4.78 is 26.7. The zero-order valence-corrected chi connectivity index (χ0v) is 12.1. The Bertz CT molecular complexity index is 599. The van der Waals surface area contributed by atoms with Gasteiger partial charge in [-0.15, -0.1) is 0 Å². The van der Waals surface area contributed by atoms with Crippen molar-refractivity contribution in [1.82, 2.24) is 5.43 Å². The van der Waals surface area contributed by atoms with Crippen LogP contribution in [0.25, 0.3) is 0 Å². The second-order valence-corrected chi connectivity index (χ2v) is 5.15. The van der Waals surface area contributed by atoms with E-state index < -0.39 is 11.6 Å². The number of aryl methyl sites for hydroxylation is 1. The molecule has 1 unspecified atom stereocenters. The van der Waals surface area contributed by atoms with Crippen molar-refractivity contribution in [2.24, 2.45) is 5.84 Å². The van der Waals surface area contributed by atoms with Crippen molar-refractivity contribution in [2.75, 3.05) is 0 Å². The van der Waals surface area contributed by atoms with Crippen molar-refractivity contribution in [3.63, 3.8) is 0 Å². The van der Waals surface area contributed by atoms with Gasteiger partial charge in [-0.1, -0.05) is 43.7 Å². The van der Waals surface area contributed by atoms with Gasteiger partial charge in [0.15, 0.2) is 0 Å². The second kappa shape index (κ2) is 7.29. The molecule has 4 heteroatoms. The van der Waals surface area contributed by atoms with Gasteiger partial charge in [-0.3, -0.25) is 11.3 Å². The molecule has 0 heterocycles. The summed E-state index contributed by atoms with van der Waals surface area (Å²) in [6.45, 7) is 2.12. The highest BCUT2D eigenvalue weighted by Crippen LogP contribution is 2.21. The van der Waals surface area contributed by atoms with E-state index >= 15 is 0 Å². The molecular formula is C17H20F2N2. The Hall–Kier alpha value is -1.78. The molecule has 2 aromatic rings. The summed E-state index contributed by atoms with van der Waals surface area (Å²) in [4.78, 5) is 0. The van der Waals surface area contributed by atoms with Gasteiger partial charge >= 0.3 is 0 Å².